The molecular formula is C19H13Br2Cl2NO2. The molecule has 0 bridgehead atoms. The number of hydrogen-bond acceptors (Lipinski definition) is 3. The van der Waals surface area contributed by atoms with Crippen LogP contribution < -0.4 is 4.74 Å². The highest BCUT2D eigenvalue weighted by Gasteiger charge is 2.09. The van der Waals surface area contributed by atoms with Gasteiger partial charge in [0.2, 0.25) is 0 Å². The first-order chi connectivity index (χ1) is 12.5. The monoisotopic (exact) mass is 515 g/mol. The Morgan fingerprint density at radius 2 is 1.81 bits per heavy atom. The maximum absolute atomic E-state index is 6.04. The lowest BCUT2D eigenvalue weighted by molar-refractivity contribution is 0.302. The Hall–Kier alpha value is -1.27. The summed E-state index contributed by atoms with van der Waals surface area (Å²) in [6, 6.07) is 13.1. The highest BCUT2D eigenvalue weighted by Crippen LogP contribution is 2.35. The van der Waals surface area contributed by atoms with Gasteiger partial charge in [0.05, 0.1) is 31.8 Å². The summed E-state index contributed by atoms with van der Waals surface area (Å²) in [6.07, 6.45) is 3.43. The van der Waals surface area contributed by atoms with Crippen LogP contribution in [0.15, 0.2) is 67.1 Å². The van der Waals surface area contributed by atoms with Gasteiger partial charge in [-0.05, 0) is 79.4 Å². The van der Waals surface area contributed by atoms with Crippen LogP contribution in [0.1, 0.15) is 16.9 Å². The Morgan fingerprint density at radius 3 is 2.46 bits per heavy atom. The smallest absolute Gasteiger partial charge is 0.148 e. The van der Waals surface area contributed by atoms with Crippen molar-refractivity contribution in [2.45, 2.75) is 13.2 Å². The van der Waals surface area contributed by atoms with E-state index < -0.39 is 0 Å². The number of nitrogens with zero attached hydrogens (tertiary/aromatic N) is 1. The van der Waals surface area contributed by atoms with Gasteiger partial charge in [0.25, 0.3) is 0 Å². The Balaban J connectivity index is 1.68. The van der Waals surface area contributed by atoms with Crippen molar-refractivity contribution >= 4 is 61.3 Å². The summed E-state index contributed by atoms with van der Waals surface area (Å²) in [4.78, 5) is 4.38. The fourth-order valence-corrected chi connectivity index (χ4v) is 3.99. The van der Waals surface area contributed by atoms with E-state index in [1.807, 2.05) is 30.3 Å². The largest absolute Gasteiger partial charge is 0.487 e. The highest BCUT2D eigenvalue weighted by atomic mass is 79.9. The van der Waals surface area contributed by atoms with Crippen molar-refractivity contribution in [1.29, 1.82) is 0 Å². The summed E-state index contributed by atoms with van der Waals surface area (Å²) in [7, 11) is 0. The van der Waals surface area contributed by atoms with Crippen molar-refractivity contribution in [3.05, 3.63) is 84.6 Å². The number of ether oxygens (including phenoxy) is 1. The number of halogens is 4. The molecular weight excluding hydrogens is 505 g/mol. The molecule has 26 heavy (non-hydrogen) atoms. The van der Waals surface area contributed by atoms with Crippen LogP contribution in [0.3, 0.4) is 0 Å². The molecule has 0 saturated heterocycles. The number of hydrogen-bond donors (Lipinski definition) is 0. The van der Waals surface area contributed by atoms with Crippen LogP contribution in [0.2, 0.25) is 10.0 Å². The number of benzene rings is 2. The van der Waals surface area contributed by atoms with E-state index in [0.29, 0.717) is 28.9 Å². The normalized spacial score (nSPS) is 11.2. The molecule has 3 rings (SSSR count). The van der Waals surface area contributed by atoms with Crippen LogP contribution >= 0.6 is 55.1 Å². The molecule has 134 valence electrons. The maximum atomic E-state index is 6.04. The molecule has 1 aromatic heterocycles. The Bertz CT molecular complexity index is 904. The van der Waals surface area contributed by atoms with E-state index >= 15 is 0 Å². The summed E-state index contributed by atoms with van der Waals surface area (Å²) in [5.74, 6) is 1.53. The third-order valence-electron chi connectivity index (χ3n) is 3.46. The molecule has 0 atom stereocenters. The van der Waals surface area contributed by atoms with E-state index in [4.69, 9.17) is 32.4 Å². The van der Waals surface area contributed by atoms with Gasteiger partial charge in [0.1, 0.15) is 18.1 Å². The molecule has 0 spiro atoms. The fraction of sp³-hybridized carbons (Fsp3) is 0.105. The number of aliphatic imine (C=N–C) groups is 1. The lowest BCUT2D eigenvalue weighted by Crippen LogP contribution is -1.98. The quantitative estimate of drug-likeness (QED) is 0.321. The lowest BCUT2D eigenvalue weighted by atomic mass is 10.2. The van der Waals surface area contributed by atoms with Gasteiger partial charge < -0.3 is 9.15 Å². The molecule has 0 aliphatic rings. The first-order valence-corrected chi connectivity index (χ1v) is 9.95. The number of rotatable bonds is 6. The predicted octanol–water partition coefficient (Wildman–Crippen LogP) is 7.31. The number of furan rings is 1. The topological polar surface area (TPSA) is 34.7 Å². The maximum Gasteiger partial charge on any atom is 0.148 e. The van der Waals surface area contributed by atoms with Crippen molar-refractivity contribution in [3.8, 4) is 5.75 Å². The third kappa shape index (κ3) is 5.13. The summed E-state index contributed by atoms with van der Waals surface area (Å²) in [5, 5.41) is 1.03. The van der Waals surface area contributed by atoms with Gasteiger partial charge in [0.15, 0.2) is 0 Å². The fourth-order valence-electron chi connectivity index (χ4n) is 2.22. The summed E-state index contributed by atoms with van der Waals surface area (Å²) >= 11 is 19.1. The Labute approximate surface area is 178 Å². The molecule has 2 aromatic carbocycles. The minimum Gasteiger partial charge on any atom is -0.487 e. The second-order valence-electron chi connectivity index (χ2n) is 5.40. The highest BCUT2D eigenvalue weighted by molar-refractivity contribution is 9.11. The van der Waals surface area contributed by atoms with Gasteiger partial charge in [-0.2, -0.15) is 0 Å². The van der Waals surface area contributed by atoms with E-state index in [9.17, 15) is 0 Å². The Morgan fingerprint density at radius 1 is 1.04 bits per heavy atom. The molecule has 0 fully saturated rings. The molecule has 7 heteroatoms. The Kier molecular flexibility index (Phi) is 6.81. The van der Waals surface area contributed by atoms with Gasteiger partial charge in [-0.3, -0.25) is 4.99 Å². The molecule has 0 aliphatic carbocycles. The summed E-state index contributed by atoms with van der Waals surface area (Å²) < 4.78 is 12.8. The van der Waals surface area contributed by atoms with Gasteiger partial charge >= 0.3 is 0 Å². The van der Waals surface area contributed by atoms with Crippen LogP contribution in [0.25, 0.3) is 0 Å². The SMILES string of the molecule is Clc1ccc(COc2c(Br)cc(C=NCc3ccco3)cc2Br)cc1Cl. The molecule has 0 aliphatic heterocycles. The van der Waals surface area contributed by atoms with Crippen molar-refractivity contribution < 1.29 is 9.15 Å². The molecule has 3 aromatic rings. The molecule has 0 N–H and O–H groups in total. The van der Waals surface area contributed by atoms with E-state index in [0.717, 1.165) is 25.8 Å². The average molecular weight is 518 g/mol. The second-order valence-corrected chi connectivity index (χ2v) is 7.92. The molecule has 3 nitrogen and oxygen atoms in total. The standard InChI is InChI=1S/C19H13Br2Cl2NO2/c20-15-6-13(9-24-10-14-2-1-5-25-14)7-16(21)19(15)26-11-12-3-4-17(22)18(23)8-12/h1-9H,10-11H2. The molecule has 0 unspecified atom stereocenters. The second kappa shape index (κ2) is 9.09. The predicted molar refractivity (Wildman–Crippen MR) is 113 cm³/mol. The van der Waals surface area contributed by atoms with Crippen LogP contribution in [-0.4, -0.2) is 6.21 Å². The van der Waals surface area contributed by atoms with E-state index in [2.05, 4.69) is 36.9 Å². The van der Waals surface area contributed by atoms with Crippen molar-refractivity contribution in [3.63, 3.8) is 0 Å². The molecule has 1 heterocycles. The zero-order chi connectivity index (χ0) is 18.5. The van der Waals surface area contributed by atoms with Gasteiger partial charge in [-0.15, -0.1) is 0 Å². The first kappa shape index (κ1) is 19.5. The lowest BCUT2D eigenvalue weighted by Gasteiger charge is -2.12. The van der Waals surface area contributed by atoms with Crippen molar-refractivity contribution in [2.24, 2.45) is 4.99 Å². The van der Waals surface area contributed by atoms with Crippen molar-refractivity contribution in [1.82, 2.24) is 0 Å². The van der Waals surface area contributed by atoms with Crippen LogP contribution in [0, 0.1) is 0 Å². The van der Waals surface area contributed by atoms with E-state index in [1.165, 1.54) is 0 Å². The van der Waals surface area contributed by atoms with E-state index in [-0.39, 0.29) is 0 Å². The van der Waals surface area contributed by atoms with Gasteiger partial charge in [-0.1, -0.05) is 29.3 Å². The van der Waals surface area contributed by atoms with E-state index in [1.54, 1.807) is 24.6 Å². The van der Waals surface area contributed by atoms with Gasteiger partial charge in [0, 0.05) is 6.21 Å². The van der Waals surface area contributed by atoms with Crippen LogP contribution in [0.5, 0.6) is 5.75 Å². The third-order valence-corrected chi connectivity index (χ3v) is 5.37. The van der Waals surface area contributed by atoms with Crippen LogP contribution in [0.4, 0.5) is 0 Å². The summed E-state index contributed by atoms with van der Waals surface area (Å²) in [6.45, 7) is 0.873. The average Bonchev–Trinajstić information content (AvgIpc) is 3.11. The minimum absolute atomic E-state index is 0.375. The molecule has 0 amide bonds. The summed E-state index contributed by atoms with van der Waals surface area (Å²) in [5.41, 5.74) is 1.87. The minimum atomic E-state index is 0.375. The van der Waals surface area contributed by atoms with Crippen LogP contribution in [-0.2, 0) is 13.2 Å². The van der Waals surface area contributed by atoms with Gasteiger partial charge in [-0.25, -0.2) is 0 Å². The van der Waals surface area contributed by atoms with Crippen molar-refractivity contribution in [2.75, 3.05) is 0 Å². The zero-order valence-corrected chi connectivity index (χ0v) is 18.1. The molecule has 0 saturated carbocycles. The zero-order valence-electron chi connectivity index (χ0n) is 13.4. The first-order valence-electron chi connectivity index (χ1n) is 7.61. The molecule has 0 radical (unpaired) electrons.